The highest BCUT2D eigenvalue weighted by Gasteiger charge is 2.26. The summed E-state index contributed by atoms with van der Waals surface area (Å²) in [5.41, 5.74) is 2.87. The number of nitrogens with zero attached hydrogens (tertiary/aromatic N) is 2. The molecule has 0 bridgehead atoms. The largest absolute Gasteiger partial charge is 0.346 e. The van der Waals surface area contributed by atoms with Gasteiger partial charge in [-0.25, -0.2) is 4.39 Å². The van der Waals surface area contributed by atoms with Crippen molar-refractivity contribution in [2.24, 2.45) is 0 Å². The van der Waals surface area contributed by atoms with Crippen molar-refractivity contribution in [3.05, 3.63) is 41.6 Å². The Labute approximate surface area is 116 Å². The van der Waals surface area contributed by atoms with Gasteiger partial charge in [-0.05, 0) is 18.6 Å². The summed E-state index contributed by atoms with van der Waals surface area (Å²) in [5, 5.41) is 2.81. The molecule has 0 spiro atoms. The van der Waals surface area contributed by atoms with Crippen LogP contribution in [0.25, 0.3) is 11.3 Å². The number of unbranched alkanes of at least 4 members (excludes halogenated alkanes) is 1. The Balaban J connectivity index is 2.13. The zero-order valence-electron chi connectivity index (χ0n) is 11.3. The van der Waals surface area contributed by atoms with Gasteiger partial charge in [-0.1, -0.05) is 13.3 Å². The highest BCUT2D eigenvalue weighted by molar-refractivity contribution is 5.99. The second-order valence-electron chi connectivity index (χ2n) is 4.93. The molecule has 1 amide bonds. The minimum Gasteiger partial charge on any atom is -0.346 e. The van der Waals surface area contributed by atoms with Crippen LogP contribution in [0.3, 0.4) is 0 Å². The Morgan fingerprint density at radius 2 is 2.30 bits per heavy atom. The number of pyridine rings is 1. The van der Waals surface area contributed by atoms with Crippen LogP contribution < -0.4 is 5.32 Å². The number of rotatable bonds is 4. The number of hydrogen-bond donors (Lipinski definition) is 1. The third kappa shape index (κ3) is 1.99. The first-order valence-electron chi connectivity index (χ1n) is 6.83. The number of amides is 1. The van der Waals surface area contributed by atoms with E-state index in [1.165, 1.54) is 6.20 Å². The molecule has 2 aromatic heterocycles. The first-order chi connectivity index (χ1) is 9.72. The summed E-state index contributed by atoms with van der Waals surface area (Å²) in [6.45, 7) is 3.42. The average Bonchev–Trinajstić information content (AvgIpc) is 2.98. The van der Waals surface area contributed by atoms with Crippen LogP contribution in [-0.4, -0.2) is 15.5 Å². The number of fused-ring (bicyclic) bond motifs is 1. The fourth-order valence-electron chi connectivity index (χ4n) is 2.61. The molecule has 5 heteroatoms. The Morgan fingerprint density at radius 3 is 3.05 bits per heavy atom. The molecule has 0 aliphatic carbocycles. The van der Waals surface area contributed by atoms with E-state index in [4.69, 9.17) is 0 Å². The summed E-state index contributed by atoms with van der Waals surface area (Å²) in [6.07, 6.45) is 4.82. The molecule has 0 atom stereocenters. The van der Waals surface area contributed by atoms with E-state index < -0.39 is 0 Å². The van der Waals surface area contributed by atoms with E-state index in [2.05, 4.69) is 21.8 Å². The van der Waals surface area contributed by atoms with Crippen molar-refractivity contribution in [2.75, 3.05) is 0 Å². The number of aromatic nitrogens is 2. The number of halogens is 1. The average molecular weight is 273 g/mol. The van der Waals surface area contributed by atoms with E-state index in [1.54, 1.807) is 18.3 Å². The zero-order valence-corrected chi connectivity index (χ0v) is 11.3. The molecule has 1 N–H and O–H groups in total. The summed E-state index contributed by atoms with van der Waals surface area (Å²) in [5.74, 6) is -0.437. The number of carbonyl (C=O) groups excluding carboxylic acids is 1. The Morgan fingerprint density at radius 1 is 1.45 bits per heavy atom. The van der Waals surface area contributed by atoms with Gasteiger partial charge in [-0.2, -0.15) is 0 Å². The maximum Gasteiger partial charge on any atom is 0.253 e. The van der Waals surface area contributed by atoms with Crippen molar-refractivity contribution in [1.82, 2.24) is 14.9 Å². The first-order valence-corrected chi connectivity index (χ1v) is 6.83. The second-order valence-corrected chi connectivity index (χ2v) is 4.93. The normalized spacial score (nSPS) is 13.4. The fraction of sp³-hybridized carbons (Fsp3) is 0.333. The van der Waals surface area contributed by atoms with E-state index in [0.29, 0.717) is 17.7 Å². The van der Waals surface area contributed by atoms with Gasteiger partial charge in [0.2, 0.25) is 0 Å². The lowest BCUT2D eigenvalue weighted by Gasteiger charge is -2.12. The van der Waals surface area contributed by atoms with Crippen LogP contribution in [0.15, 0.2) is 24.5 Å². The van der Waals surface area contributed by atoms with Crippen molar-refractivity contribution < 1.29 is 9.18 Å². The quantitative estimate of drug-likeness (QED) is 0.931. The minimum absolute atomic E-state index is 0.0778. The van der Waals surface area contributed by atoms with Gasteiger partial charge in [0, 0.05) is 18.3 Å². The van der Waals surface area contributed by atoms with Crippen molar-refractivity contribution >= 4 is 5.91 Å². The van der Waals surface area contributed by atoms with Crippen LogP contribution in [-0.2, 0) is 13.1 Å². The SMILES string of the molecule is CCCCn1c(-c2ccncc2F)cc2c1CNC2=O. The van der Waals surface area contributed by atoms with Gasteiger partial charge < -0.3 is 9.88 Å². The molecule has 104 valence electrons. The second kappa shape index (κ2) is 5.07. The molecule has 0 fully saturated rings. The highest BCUT2D eigenvalue weighted by Crippen LogP contribution is 2.30. The molecule has 0 aromatic carbocycles. The molecular formula is C15H16FN3O. The smallest absolute Gasteiger partial charge is 0.253 e. The Kier molecular flexibility index (Phi) is 3.26. The lowest BCUT2D eigenvalue weighted by molar-refractivity contribution is 0.0965. The van der Waals surface area contributed by atoms with Crippen LogP contribution in [0, 0.1) is 5.82 Å². The molecule has 0 saturated heterocycles. The fourth-order valence-corrected chi connectivity index (χ4v) is 2.61. The molecule has 3 rings (SSSR count). The number of carbonyl (C=O) groups is 1. The summed E-state index contributed by atoms with van der Waals surface area (Å²) in [4.78, 5) is 15.6. The molecule has 1 aliphatic rings. The molecular weight excluding hydrogens is 257 g/mol. The highest BCUT2D eigenvalue weighted by atomic mass is 19.1. The van der Waals surface area contributed by atoms with Gasteiger partial charge in [0.15, 0.2) is 5.82 Å². The molecule has 1 aliphatic heterocycles. The van der Waals surface area contributed by atoms with E-state index in [-0.39, 0.29) is 11.7 Å². The van der Waals surface area contributed by atoms with Crippen molar-refractivity contribution in [3.63, 3.8) is 0 Å². The van der Waals surface area contributed by atoms with E-state index in [0.717, 1.165) is 30.8 Å². The van der Waals surface area contributed by atoms with Gasteiger partial charge in [-0.15, -0.1) is 0 Å². The molecule has 2 aromatic rings. The zero-order chi connectivity index (χ0) is 14.1. The van der Waals surface area contributed by atoms with Gasteiger partial charge >= 0.3 is 0 Å². The van der Waals surface area contributed by atoms with Gasteiger partial charge in [0.25, 0.3) is 5.91 Å². The lowest BCUT2D eigenvalue weighted by Crippen LogP contribution is -2.14. The summed E-state index contributed by atoms with van der Waals surface area (Å²) < 4.78 is 16.0. The van der Waals surface area contributed by atoms with E-state index >= 15 is 0 Å². The topological polar surface area (TPSA) is 46.9 Å². The monoisotopic (exact) mass is 273 g/mol. The van der Waals surface area contributed by atoms with Crippen molar-refractivity contribution in [3.8, 4) is 11.3 Å². The first kappa shape index (κ1) is 12.8. The third-order valence-electron chi connectivity index (χ3n) is 3.65. The van der Waals surface area contributed by atoms with Crippen molar-refractivity contribution in [2.45, 2.75) is 32.9 Å². The summed E-state index contributed by atoms with van der Waals surface area (Å²) in [6, 6.07) is 3.44. The predicted octanol–water partition coefficient (Wildman–Crippen LogP) is 2.73. The maximum absolute atomic E-state index is 14.0. The molecule has 0 radical (unpaired) electrons. The Bertz CT molecular complexity index is 663. The Hall–Kier alpha value is -2.17. The van der Waals surface area contributed by atoms with Gasteiger partial charge in [0.05, 0.1) is 29.7 Å². The van der Waals surface area contributed by atoms with Crippen LogP contribution in [0.1, 0.15) is 35.8 Å². The molecule has 4 nitrogen and oxygen atoms in total. The molecule has 3 heterocycles. The molecule has 0 saturated carbocycles. The van der Waals surface area contributed by atoms with Crippen LogP contribution in [0.4, 0.5) is 4.39 Å². The molecule has 0 unspecified atom stereocenters. The number of nitrogens with one attached hydrogen (secondary N) is 1. The van der Waals surface area contributed by atoms with E-state index in [9.17, 15) is 9.18 Å². The van der Waals surface area contributed by atoms with Crippen LogP contribution in [0.2, 0.25) is 0 Å². The standard InChI is InChI=1S/C15H16FN3O/c1-2-3-6-19-13(10-4-5-17-8-12(10)16)7-11-14(19)9-18-15(11)20/h4-5,7-8H,2-3,6,9H2,1H3,(H,18,20). The minimum atomic E-state index is -0.359. The van der Waals surface area contributed by atoms with Crippen LogP contribution in [0.5, 0.6) is 0 Å². The van der Waals surface area contributed by atoms with E-state index in [1.807, 2.05) is 0 Å². The lowest BCUT2D eigenvalue weighted by atomic mass is 10.1. The third-order valence-corrected chi connectivity index (χ3v) is 3.65. The number of hydrogen-bond acceptors (Lipinski definition) is 2. The van der Waals surface area contributed by atoms with Crippen LogP contribution >= 0.6 is 0 Å². The maximum atomic E-state index is 14.0. The van der Waals surface area contributed by atoms with Crippen molar-refractivity contribution in [1.29, 1.82) is 0 Å². The summed E-state index contributed by atoms with van der Waals surface area (Å²) in [7, 11) is 0. The van der Waals surface area contributed by atoms with Gasteiger partial charge in [-0.3, -0.25) is 9.78 Å². The molecule has 20 heavy (non-hydrogen) atoms. The summed E-state index contributed by atoms with van der Waals surface area (Å²) >= 11 is 0. The van der Waals surface area contributed by atoms with Gasteiger partial charge in [0.1, 0.15) is 0 Å². The predicted molar refractivity (Wildman–Crippen MR) is 73.7 cm³/mol.